The maximum absolute atomic E-state index is 12.0. The van der Waals surface area contributed by atoms with Crippen molar-refractivity contribution in [1.29, 1.82) is 0 Å². The van der Waals surface area contributed by atoms with Gasteiger partial charge in [-0.15, -0.1) is 0 Å². The largest absolute Gasteiger partial charge is 0.371 e. The van der Waals surface area contributed by atoms with E-state index >= 15 is 0 Å². The predicted molar refractivity (Wildman–Crippen MR) is 76.8 cm³/mol. The lowest BCUT2D eigenvalue weighted by atomic mass is 9.83. The highest BCUT2D eigenvalue weighted by atomic mass is 32.2. The lowest BCUT2D eigenvalue weighted by Gasteiger charge is -2.33. The topological polar surface area (TPSA) is 69.4 Å². The summed E-state index contributed by atoms with van der Waals surface area (Å²) in [5.74, 6) is 0.374. The van der Waals surface area contributed by atoms with Crippen LogP contribution in [-0.4, -0.2) is 37.7 Å². The summed E-state index contributed by atoms with van der Waals surface area (Å²) in [5.41, 5.74) is 5.64. The molecule has 1 heterocycles. The molecule has 2 atom stereocenters. The molecule has 19 heavy (non-hydrogen) atoms. The van der Waals surface area contributed by atoms with Crippen LogP contribution in [0.3, 0.4) is 0 Å². The Hall–Kier alpha value is -0.130. The SMILES string of the molecule is CC(N)CCS(=O)(=O)CC1CCC2(CCCCC2)O1. The van der Waals surface area contributed by atoms with Gasteiger partial charge >= 0.3 is 0 Å². The zero-order valence-corrected chi connectivity index (χ0v) is 12.8. The number of rotatable bonds is 5. The molecule has 1 aliphatic heterocycles. The van der Waals surface area contributed by atoms with Gasteiger partial charge in [0.25, 0.3) is 0 Å². The molecule has 2 aliphatic rings. The summed E-state index contributed by atoms with van der Waals surface area (Å²) in [6.07, 6.45) is 8.37. The van der Waals surface area contributed by atoms with Gasteiger partial charge in [0.15, 0.2) is 9.84 Å². The number of nitrogens with two attached hydrogens (primary N) is 1. The van der Waals surface area contributed by atoms with Crippen LogP contribution in [0.5, 0.6) is 0 Å². The molecule has 1 saturated carbocycles. The standard InChI is InChI=1S/C14H27NO3S/c1-12(15)6-10-19(16,17)11-13-5-9-14(18-13)7-3-2-4-8-14/h12-13H,2-11,15H2,1H3. The summed E-state index contributed by atoms with van der Waals surface area (Å²) >= 11 is 0. The third-order valence-electron chi connectivity index (χ3n) is 4.43. The van der Waals surface area contributed by atoms with Gasteiger partial charge in [0.2, 0.25) is 0 Å². The van der Waals surface area contributed by atoms with Crippen LogP contribution in [0.25, 0.3) is 0 Å². The van der Waals surface area contributed by atoms with E-state index < -0.39 is 9.84 Å². The highest BCUT2D eigenvalue weighted by Gasteiger charge is 2.41. The quantitative estimate of drug-likeness (QED) is 0.840. The average Bonchev–Trinajstić information content (AvgIpc) is 2.70. The Bertz CT molecular complexity index is 385. The molecule has 0 aromatic rings. The molecule has 1 spiro atoms. The first-order valence-electron chi connectivity index (χ1n) is 7.55. The van der Waals surface area contributed by atoms with Gasteiger partial charge in [-0.25, -0.2) is 8.42 Å². The zero-order valence-electron chi connectivity index (χ0n) is 11.9. The van der Waals surface area contributed by atoms with Crippen LogP contribution in [0.1, 0.15) is 58.3 Å². The maximum Gasteiger partial charge on any atom is 0.152 e. The Labute approximate surface area is 117 Å². The number of sulfone groups is 1. The molecular weight excluding hydrogens is 262 g/mol. The van der Waals surface area contributed by atoms with Gasteiger partial charge in [-0.3, -0.25) is 0 Å². The Balaban J connectivity index is 1.84. The van der Waals surface area contributed by atoms with E-state index in [-0.39, 0.29) is 29.3 Å². The van der Waals surface area contributed by atoms with Crippen molar-refractivity contribution in [2.24, 2.45) is 5.73 Å². The van der Waals surface area contributed by atoms with Crippen LogP contribution < -0.4 is 5.73 Å². The third kappa shape index (κ3) is 4.43. The summed E-state index contributed by atoms with van der Waals surface area (Å²) < 4.78 is 30.2. The van der Waals surface area contributed by atoms with Gasteiger partial charge in [-0.1, -0.05) is 19.3 Å². The summed E-state index contributed by atoms with van der Waals surface area (Å²) in [5, 5.41) is 0. The van der Waals surface area contributed by atoms with E-state index in [9.17, 15) is 8.42 Å². The smallest absolute Gasteiger partial charge is 0.152 e. The minimum atomic E-state index is -3.02. The average molecular weight is 289 g/mol. The molecule has 2 fully saturated rings. The van der Waals surface area contributed by atoms with Crippen LogP contribution in [0.15, 0.2) is 0 Å². The molecule has 1 saturated heterocycles. The van der Waals surface area contributed by atoms with E-state index in [1.165, 1.54) is 19.3 Å². The first kappa shape index (κ1) is 15.3. The Morgan fingerprint density at radius 3 is 2.58 bits per heavy atom. The summed E-state index contributed by atoms with van der Waals surface area (Å²) in [7, 11) is -3.02. The zero-order chi connectivity index (χ0) is 13.9. The van der Waals surface area contributed by atoms with Crippen LogP contribution >= 0.6 is 0 Å². The van der Waals surface area contributed by atoms with Gasteiger partial charge in [0.05, 0.1) is 23.2 Å². The first-order valence-corrected chi connectivity index (χ1v) is 9.37. The van der Waals surface area contributed by atoms with E-state index in [0.29, 0.717) is 6.42 Å². The molecule has 2 unspecified atom stereocenters. The van der Waals surface area contributed by atoms with Gasteiger partial charge in [0.1, 0.15) is 0 Å². The molecule has 0 radical (unpaired) electrons. The second-order valence-electron chi connectivity index (χ2n) is 6.40. The van der Waals surface area contributed by atoms with Crippen molar-refractivity contribution in [2.75, 3.05) is 11.5 Å². The van der Waals surface area contributed by atoms with Crippen molar-refractivity contribution < 1.29 is 13.2 Å². The fraction of sp³-hybridized carbons (Fsp3) is 1.00. The van der Waals surface area contributed by atoms with E-state index in [1.807, 2.05) is 6.92 Å². The monoisotopic (exact) mass is 289 g/mol. The Morgan fingerprint density at radius 2 is 1.95 bits per heavy atom. The Morgan fingerprint density at radius 1 is 1.26 bits per heavy atom. The van der Waals surface area contributed by atoms with Gasteiger partial charge in [-0.2, -0.15) is 0 Å². The molecule has 0 amide bonds. The van der Waals surface area contributed by atoms with Crippen LogP contribution in [0, 0.1) is 0 Å². The highest BCUT2D eigenvalue weighted by Crippen LogP contribution is 2.42. The van der Waals surface area contributed by atoms with E-state index in [1.54, 1.807) is 0 Å². The predicted octanol–water partition coefficient (Wildman–Crippen LogP) is 2.02. The van der Waals surface area contributed by atoms with Gasteiger partial charge in [0, 0.05) is 6.04 Å². The fourth-order valence-electron chi connectivity index (χ4n) is 3.31. The molecule has 1 aliphatic carbocycles. The minimum absolute atomic E-state index is 0.0135. The molecular formula is C14H27NO3S. The van der Waals surface area contributed by atoms with E-state index in [0.717, 1.165) is 25.7 Å². The van der Waals surface area contributed by atoms with Crippen LogP contribution in [0.2, 0.25) is 0 Å². The Kier molecular flexibility index (Phi) is 4.90. The number of hydrogen-bond acceptors (Lipinski definition) is 4. The van der Waals surface area contributed by atoms with Crippen molar-refractivity contribution in [2.45, 2.75) is 76.0 Å². The lowest BCUT2D eigenvalue weighted by molar-refractivity contribution is -0.0559. The van der Waals surface area contributed by atoms with E-state index in [2.05, 4.69) is 0 Å². The van der Waals surface area contributed by atoms with Crippen molar-refractivity contribution in [1.82, 2.24) is 0 Å². The minimum Gasteiger partial charge on any atom is -0.371 e. The normalized spacial score (nSPS) is 28.6. The van der Waals surface area contributed by atoms with Crippen LogP contribution in [-0.2, 0) is 14.6 Å². The van der Waals surface area contributed by atoms with Crippen molar-refractivity contribution in [3.05, 3.63) is 0 Å². The molecule has 0 bridgehead atoms. The van der Waals surface area contributed by atoms with Gasteiger partial charge < -0.3 is 10.5 Å². The van der Waals surface area contributed by atoms with E-state index in [4.69, 9.17) is 10.5 Å². The van der Waals surface area contributed by atoms with Gasteiger partial charge in [-0.05, 0) is 39.0 Å². The van der Waals surface area contributed by atoms with Crippen LogP contribution in [0.4, 0.5) is 0 Å². The lowest BCUT2D eigenvalue weighted by Crippen LogP contribution is -2.34. The van der Waals surface area contributed by atoms with Crippen molar-refractivity contribution in [3.8, 4) is 0 Å². The third-order valence-corrected chi connectivity index (χ3v) is 6.16. The summed E-state index contributed by atoms with van der Waals surface area (Å²) in [6.45, 7) is 1.85. The number of ether oxygens (including phenoxy) is 1. The highest BCUT2D eigenvalue weighted by molar-refractivity contribution is 7.91. The molecule has 112 valence electrons. The second-order valence-corrected chi connectivity index (χ2v) is 8.63. The molecule has 2 N–H and O–H groups in total. The molecule has 5 heteroatoms. The molecule has 0 aromatic carbocycles. The fourth-order valence-corrected chi connectivity index (χ4v) is 5.01. The van der Waals surface area contributed by atoms with Crippen molar-refractivity contribution >= 4 is 9.84 Å². The maximum atomic E-state index is 12.0. The summed E-state index contributed by atoms with van der Waals surface area (Å²) in [4.78, 5) is 0. The molecule has 4 nitrogen and oxygen atoms in total. The van der Waals surface area contributed by atoms with Crippen molar-refractivity contribution in [3.63, 3.8) is 0 Å². The second kappa shape index (κ2) is 6.10. The first-order chi connectivity index (χ1) is 8.91. The molecule has 2 rings (SSSR count). The summed E-state index contributed by atoms with van der Waals surface area (Å²) in [6, 6.07) is -0.0519. The number of hydrogen-bond donors (Lipinski definition) is 1. The molecule has 0 aromatic heterocycles.